The van der Waals surface area contributed by atoms with E-state index >= 15 is 4.39 Å². The molecule has 2 saturated heterocycles. The Kier molecular flexibility index (Phi) is 8.90. The van der Waals surface area contributed by atoms with Crippen LogP contribution in [0.5, 0.6) is 0 Å². The largest absolute Gasteiger partial charge is 0.582 e. The molecule has 3 aliphatic rings. The fourth-order valence-corrected chi connectivity index (χ4v) is 8.85. The fourth-order valence-electron chi connectivity index (χ4n) is 5.52. The molecule has 18 nitrogen and oxygen atoms in total. The third-order valence-corrected chi connectivity index (χ3v) is 11.1. The predicted octanol–water partition coefficient (Wildman–Crippen LogP) is 0.248. The van der Waals surface area contributed by atoms with E-state index in [1.165, 1.54) is 17.2 Å². The van der Waals surface area contributed by atoms with E-state index < -0.39 is 74.5 Å². The first-order valence-electron chi connectivity index (χ1n) is 13.2. The maximum atomic E-state index is 15.6. The molecule has 2 fully saturated rings. The zero-order valence-electron chi connectivity index (χ0n) is 22.5. The molecule has 10 atom stereocenters. The second kappa shape index (κ2) is 12.4. The number of aliphatic imine (C=N–C) groups is 1. The van der Waals surface area contributed by atoms with E-state index in [4.69, 9.17) is 41.8 Å². The highest BCUT2D eigenvalue weighted by atomic mass is 32.7. The summed E-state index contributed by atoms with van der Waals surface area (Å²) in [5, 5.41) is 9.74. The van der Waals surface area contributed by atoms with Gasteiger partial charge in [0.05, 0.1) is 37.5 Å². The minimum atomic E-state index is -4.03. The number of H-pyrrole nitrogens is 1. The highest BCUT2D eigenvalue weighted by Crippen LogP contribution is 2.58. The van der Waals surface area contributed by atoms with Crippen LogP contribution in [-0.4, -0.2) is 88.9 Å². The number of rotatable bonds is 10. The number of anilines is 1. The molecule has 0 bridgehead atoms. The molecule has 3 unspecified atom stereocenters. The molecule has 6 heterocycles. The summed E-state index contributed by atoms with van der Waals surface area (Å²) in [5.41, 5.74) is 13.0. The summed E-state index contributed by atoms with van der Waals surface area (Å²) in [6, 6.07) is 0. The second-order valence-electron chi connectivity index (χ2n) is 10.2. The molecule has 0 aliphatic carbocycles. The number of aliphatic hydroxyl groups excluding tert-OH is 1. The van der Waals surface area contributed by atoms with Gasteiger partial charge in [-0.1, -0.05) is 0 Å². The van der Waals surface area contributed by atoms with E-state index in [1.807, 2.05) is 0 Å². The SMILES string of the molecule is Nc1nc2c(ncn2[C@@H]2O[C@H](CO)[C@@H](F)[C@H]2P(O)(=S)OCC[C@H]2O[C@@H](c3cnc4n3NC=NC4N)C[C@@H]2O[P+](=O)S)c(=O)[nH]1. The maximum Gasteiger partial charge on any atom is 0.582 e. The van der Waals surface area contributed by atoms with Crippen LogP contribution in [-0.2, 0) is 34.9 Å². The van der Waals surface area contributed by atoms with Crippen molar-refractivity contribution in [2.24, 2.45) is 10.7 Å². The topological polar surface area (TPSA) is 252 Å². The van der Waals surface area contributed by atoms with Crippen molar-refractivity contribution < 1.29 is 37.5 Å². The average molecular weight is 694 g/mol. The summed E-state index contributed by atoms with van der Waals surface area (Å²) in [6.45, 7) is -4.95. The van der Waals surface area contributed by atoms with Crippen LogP contribution in [0.15, 0.2) is 22.3 Å². The van der Waals surface area contributed by atoms with Crippen molar-refractivity contribution in [1.29, 1.82) is 0 Å². The van der Waals surface area contributed by atoms with Crippen LogP contribution in [0.25, 0.3) is 11.2 Å². The Bertz CT molecular complexity index is 1710. The molecule has 6 rings (SSSR count). The third kappa shape index (κ3) is 5.82. The first-order chi connectivity index (χ1) is 21.0. The number of hydrogen-bond donors (Lipinski definition) is 7. The van der Waals surface area contributed by atoms with Gasteiger partial charge in [0, 0.05) is 12.8 Å². The van der Waals surface area contributed by atoms with Gasteiger partial charge >= 0.3 is 7.23 Å². The van der Waals surface area contributed by atoms with E-state index in [9.17, 15) is 19.4 Å². The fraction of sp³-hybridized carbons (Fsp3) is 0.571. The molecule has 23 heteroatoms. The Hall–Kier alpha value is -2.42. The summed E-state index contributed by atoms with van der Waals surface area (Å²) in [4.78, 5) is 42.4. The van der Waals surface area contributed by atoms with Gasteiger partial charge in [-0.25, -0.2) is 24.0 Å². The van der Waals surface area contributed by atoms with Gasteiger partial charge in [0.15, 0.2) is 35.9 Å². The van der Waals surface area contributed by atoms with Crippen LogP contribution in [0, 0.1) is 0 Å². The van der Waals surface area contributed by atoms with E-state index in [2.05, 4.69) is 42.6 Å². The standard InChI is InChI=1S/C21H27FN10O8P2S2/c22-13-12(5-33)39-20(31-7-27-14-17(31)29-21(24)30-19(14)34)15(13)42(36,44)37-2-1-9-11(40-41(35)43)3-10(38-9)8-4-25-18-16(23)26-6-28-32(8)18/h4,6-7,9-13,15-16,20,33H,1-3,5,23H2,(H5-,24,26,28,29,30,34,35,36,43,44)/p+1/t9-,10-,11+,12-,13-,15-,16?,20-,42?/m1/s1. The monoisotopic (exact) mass is 693 g/mol. The second-order valence-corrected chi connectivity index (χ2v) is 15.4. The first-order valence-corrected chi connectivity index (χ1v) is 18.2. The van der Waals surface area contributed by atoms with Crippen molar-refractivity contribution in [3.05, 3.63) is 34.4 Å². The number of ether oxygens (including phenoxy) is 2. The van der Waals surface area contributed by atoms with Crippen molar-refractivity contribution >= 4 is 61.2 Å². The highest BCUT2D eigenvalue weighted by molar-refractivity contribution is 8.39. The number of fused-ring (bicyclic) bond motifs is 2. The molecule has 44 heavy (non-hydrogen) atoms. The van der Waals surface area contributed by atoms with Crippen LogP contribution in [0.2, 0.25) is 0 Å². The lowest BCUT2D eigenvalue weighted by Gasteiger charge is -2.28. The minimum Gasteiger partial charge on any atom is -0.394 e. The lowest BCUT2D eigenvalue weighted by Crippen LogP contribution is -2.31. The van der Waals surface area contributed by atoms with Crippen molar-refractivity contribution in [2.45, 2.75) is 61.5 Å². The number of aromatic amines is 1. The molecule has 3 aromatic heterocycles. The number of nitrogens with one attached hydrogen (secondary N) is 2. The quantitative estimate of drug-likeness (QED) is 0.111. The molecule has 3 aromatic rings. The number of halogens is 1. The zero-order valence-corrected chi connectivity index (χ0v) is 26.0. The number of thiol groups is 1. The van der Waals surface area contributed by atoms with Gasteiger partial charge < -0.3 is 35.5 Å². The molecule has 3 aliphatic heterocycles. The van der Waals surface area contributed by atoms with Crippen molar-refractivity contribution in [3.63, 3.8) is 0 Å². The Morgan fingerprint density at radius 3 is 2.89 bits per heavy atom. The van der Waals surface area contributed by atoms with Crippen LogP contribution in [0.4, 0.5) is 10.3 Å². The molecule has 0 spiro atoms. The molecule has 0 saturated carbocycles. The Balaban J connectivity index is 1.19. The summed E-state index contributed by atoms with van der Waals surface area (Å²) in [7, 11) is -2.29. The van der Waals surface area contributed by atoms with E-state index in [0.29, 0.717) is 11.5 Å². The molecular weight excluding hydrogens is 665 g/mol. The van der Waals surface area contributed by atoms with Gasteiger partial charge in [0.1, 0.15) is 48.7 Å². The van der Waals surface area contributed by atoms with Crippen molar-refractivity contribution in [2.75, 3.05) is 24.4 Å². The van der Waals surface area contributed by atoms with E-state index in [1.54, 1.807) is 10.9 Å². The first kappa shape index (κ1) is 31.6. The molecular formula is C21H28FN10O8P2S2+. The highest BCUT2D eigenvalue weighted by Gasteiger charge is 2.54. The van der Waals surface area contributed by atoms with Crippen molar-refractivity contribution in [1.82, 2.24) is 29.2 Å². The van der Waals surface area contributed by atoms with E-state index in [0.717, 1.165) is 0 Å². The van der Waals surface area contributed by atoms with Gasteiger partial charge in [-0.2, -0.15) is 4.98 Å². The normalized spacial score (nSPS) is 31.6. The smallest absolute Gasteiger partial charge is 0.394 e. The Morgan fingerprint density at radius 2 is 2.14 bits per heavy atom. The summed E-state index contributed by atoms with van der Waals surface area (Å²) >= 11 is 9.31. The molecule has 0 radical (unpaired) electrons. The van der Waals surface area contributed by atoms with Gasteiger partial charge in [0.25, 0.3) is 5.56 Å². The number of aromatic nitrogens is 6. The Morgan fingerprint density at radius 1 is 1.34 bits per heavy atom. The predicted molar refractivity (Wildman–Crippen MR) is 160 cm³/mol. The van der Waals surface area contributed by atoms with Crippen LogP contribution in [0.3, 0.4) is 0 Å². The van der Waals surface area contributed by atoms with Crippen LogP contribution >= 0.6 is 26.0 Å². The van der Waals surface area contributed by atoms with Crippen LogP contribution in [0.1, 0.15) is 42.9 Å². The lowest BCUT2D eigenvalue weighted by atomic mass is 10.1. The number of nitrogen functional groups attached to an aromatic ring is 1. The van der Waals surface area contributed by atoms with Crippen LogP contribution < -0.4 is 22.5 Å². The molecule has 238 valence electrons. The number of alkyl halides is 1. The van der Waals surface area contributed by atoms with Gasteiger partial charge in [0.2, 0.25) is 5.95 Å². The van der Waals surface area contributed by atoms with E-state index in [-0.39, 0.29) is 36.6 Å². The molecule has 0 aromatic carbocycles. The third-order valence-electron chi connectivity index (χ3n) is 7.51. The van der Waals surface area contributed by atoms with Gasteiger partial charge in [-0.05, 0) is 16.4 Å². The lowest BCUT2D eigenvalue weighted by molar-refractivity contribution is -0.0324. The minimum absolute atomic E-state index is 0.0305. The van der Waals surface area contributed by atoms with Gasteiger partial charge in [-0.3, -0.25) is 19.8 Å². The number of imidazole rings is 2. The molecule has 0 amide bonds. The molecule has 8 N–H and O–H groups in total. The summed E-state index contributed by atoms with van der Waals surface area (Å²) < 4.78 is 53.6. The number of hydrogen-bond acceptors (Lipinski definition) is 15. The number of aliphatic hydroxyl groups is 1. The van der Waals surface area contributed by atoms with Gasteiger partial charge in [-0.15, -0.1) is 4.52 Å². The number of nitrogens with zero attached hydrogens (tertiary/aromatic N) is 6. The zero-order chi connectivity index (χ0) is 31.3. The number of nitrogens with two attached hydrogens (primary N) is 2. The average Bonchev–Trinajstić information content (AvgIpc) is 3.73. The maximum absolute atomic E-state index is 15.6. The summed E-state index contributed by atoms with van der Waals surface area (Å²) in [5.74, 6) is 0.256. The van der Waals surface area contributed by atoms with Crippen molar-refractivity contribution in [3.8, 4) is 0 Å². The summed E-state index contributed by atoms with van der Waals surface area (Å²) in [6.07, 6.45) is -2.61. The Labute approximate surface area is 258 Å².